The fraction of sp³-hybridized carbons (Fsp3) is 0.0455. The number of amides is 1. The third-order valence-corrected chi connectivity index (χ3v) is 8.22. The van der Waals surface area contributed by atoms with Crippen LogP contribution in [0.1, 0.15) is 15.2 Å². The Kier molecular flexibility index (Phi) is 6.23. The van der Waals surface area contributed by atoms with Gasteiger partial charge in [0.25, 0.3) is 5.91 Å². The number of carbonyl (C=O) groups is 1. The third kappa shape index (κ3) is 4.69. The van der Waals surface area contributed by atoms with Crippen LogP contribution in [-0.2, 0) is 5.75 Å². The number of aromatic nitrogens is 4. The minimum absolute atomic E-state index is 0.334. The van der Waals surface area contributed by atoms with Crippen molar-refractivity contribution >= 4 is 73.0 Å². The van der Waals surface area contributed by atoms with Crippen LogP contribution in [-0.4, -0.2) is 26.1 Å². The minimum Gasteiger partial charge on any atom is -0.397 e. The number of benzene rings is 1. The van der Waals surface area contributed by atoms with E-state index in [2.05, 4.69) is 25.5 Å². The quantitative estimate of drug-likeness (QED) is 0.213. The first kappa shape index (κ1) is 21.8. The van der Waals surface area contributed by atoms with Crippen molar-refractivity contribution in [2.24, 2.45) is 0 Å². The molecular weight excluding hydrogens is 496 g/mol. The van der Waals surface area contributed by atoms with Gasteiger partial charge in [0, 0.05) is 34.1 Å². The number of rotatable bonds is 6. The predicted octanol–water partition coefficient (Wildman–Crippen LogP) is 5.99. The van der Waals surface area contributed by atoms with Gasteiger partial charge in [-0.25, -0.2) is 4.98 Å². The normalized spacial score (nSPS) is 11.1. The lowest BCUT2D eigenvalue weighted by molar-refractivity contribution is 0.103. The first-order valence-corrected chi connectivity index (χ1v) is 12.7. The van der Waals surface area contributed by atoms with Crippen LogP contribution in [0.4, 0.5) is 10.8 Å². The molecule has 0 aliphatic carbocycles. The summed E-state index contributed by atoms with van der Waals surface area (Å²) in [4.78, 5) is 22.7. The van der Waals surface area contributed by atoms with Crippen LogP contribution in [0.2, 0.25) is 5.02 Å². The predicted molar refractivity (Wildman–Crippen MR) is 136 cm³/mol. The Morgan fingerprint density at radius 3 is 2.70 bits per heavy atom. The molecule has 0 radical (unpaired) electrons. The van der Waals surface area contributed by atoms with Gasteiger partial charge in [-0.3, -0.25) is 15.1 Å². The van der Waals surface area contributed by atoms with Gasteiger partial charge in [0.2, 0.25) is 5.13 Å². The van der Waals surface area contributed by atoms with Gasteiger partial charge in [0.1, 0.15) is 9.71 Å². The highest BCUT2D eigenvalue weighted by Crippen LogP contribution is 2.35. The molecule has 5 aromatic rings. The Hall–Kier alpha value is -3.05. The van der Waals surface area contributed by atoms with Crippen molar-refractivity contribution in [3.8, 4) is 11.3 Å². The highest BCUT2D eigenvalue weighted by atomic mass is 35.5. The van der Waals surface area contributed by atoms with E-state index < -0.39 is 0 Å². The molecule has 11 heteroatoms. The van der Waals surface area contributed by atoms with Crippen LogP contribution in [0.3, 0.4) is 0 Å². The fourth-order valence-electron chi connectivity index (χ4n) is 3.08. The molecule has 4 heterocycles. The number of halogens is 1. The first-order valence-electron chi connectivity index (χ1n) is 9.69. The lowest BCUT2D eigenvalue weighted by Crippen LogP contribution is -2.11. The van der Waals surface area contributed by atoms with Crippen molar-refractivity contribution in [1.82, 2.24) is 20.2 Å². The molecule has 3 N–H and O–H groups in total. The molecule has 1 aromatic carbocycles. The van der Waals surface area contributed by atoms with Crippen LogP contribution in [0.25, 0.3) is 21.5 Å². The number of hydrogen-bond acceptors (Lipinski definition) is 9. The standard InChI is InChI=1S/C22H15ClN6OS3/c23-15-4-2-1-3-13(15)11-31-22-29-28-21(33-22)27-19(30)18-17(24)14-5-6-16(26-20(14)32-18)12-7-9-25-10-8-12/h1-10H,11,24H2,(H,27,28,30). The lowest BCUT2D eigenvalue weighted by Gasteiger charge is -2.01. The Bertz CT molecular complexity index is 1450. The molecule has 164 valence electrons. The van der Waals surface area contributed by atoms with E-state index in [0.717, 1.165) is 26.5 Å². The molecule has 33 heavy (non-hydrogen) atoms. The van der Waals surface area contributed by atoms with Crippen molar-refractivity contribution in [3.05, 3.63) is 76.4 Å². The molecule has 1 amide bonds. The molecule has 5 rings (SSSR count). The van der Waals surface area contributed by atoms with Gasteiger partial charge in [-0.15, -0.1) is 21.5 Å². The van der Waals surface area contributed by atoms with Gasteiger partial charge in [-0.05, 0) is 35.9 Å². The smallest absolute Gasteiger partial charge is 0.269 e. The fourth-order valence-corrected chi connectivity index (χ4v) is 6.10. The summed E-state index contributed by atoms with van der Waals surface area (Å²) < 4.78 is 0.734. The number of nitrogens with two attached hydrogens (primary N) is 1. The largest absolute Gasteiger partial charge is 0.397 e. The third-order valence-electron chi connectivity index (χ3n) is 4.71. The molecular formula is C22H15ClN6OS3. The Balaban J connectivity index is 1.31. The van der Waals surface area contributed by atoms with Crippen LogP contribution < -0.4 is 11.1 Å². The summed E-state index contributed by atoms with van der Waals surface area (Å²) in [7, 11) is 0. The number of nitrogens with one attached hydrogen (secondary N) is 1. The van der Waals surface area contributed by atoms with Crippen molar-refractivity contribution in [2.45, 2.75) is 10.1 Å². The van der Waals surface area contributed by atoms with E-state index in [1.165, 1.54) is 34.4 Å². The molecule has 7 nitrogen and oxygen atoms in total. The van der Waals surface area contributed by atoms with Crippen molar-refractivity contribution in [2.75, 3.05) is 11.1 Å². The topological polar surface area (TPSA) is 107 Å². The average molecular weight is 511 g/mol. The van der Waals surface area contributed by atoms with E-state index in [1.807, 2.05) is 48.5 Å². The zero-order chi connectivity index (χ0) is 22.8. The highest BCUT2D eigenvalue weighted by Gasteiger charge is 2.19. The number of thioether (sulfide) groups is 1. The number of thiophene rings is 1. The lowest BCUT2D eigenvalue weighted by atomic mass is 10.1. The summed E-state index contributed by atoms with van der Waals surface area (Å²) in [5.74, 6) is 0.330. The molecule has 0 saturated carbocycles. The summed E-state index contributed by atoms with van der Waals surface area (Å²) in [6, 6.07) is 15.2. The average Bonchev–Trinajstić information content (AvgIpc) is 3.42. The number of fused-ring (bicyclic) bond motifs is 1. The summed E-state index contributed by atoms with van der Waals surface area (Å²) in [6.07, 6.45) is 3.43. The van der Waals surface area contributed by atoms with E-state index in [0.29, 0.717) is 31.3 Å². The maximum atomic E-state index is 12.9. The van der Waals surface area contributed by atoms with Gasteiger partial charge in [-0.2, -0.15) is 0 Å². The van der Waals surface area contributed by atoms with E-state index in [-0.39, 0.29) is 5.91 Å². The van der Waals surface area contributed by atoms with Crippen LogP contribution in [0, 0.1) is 0 Å². The number of pyridine rings is 2. The minimum atomic E-state index is -0.334. The number of carbonyl (C=O) groups excluding carboxylic acids is 1. The first-order chi connectivity index (χ1) is 16.1. The maximum Gasteiger partial charge on any atom is 0.269 e. The SMILES string of the molecule is Nc1c(C(=O)Nc2nnc(SCc3ccccc3Cl)s2)sc2nc(-c3ccncc3)ccc12. The summed E-state index contributed by atoms with van der Waals surface area (Å²) in [6.45, 7) is 0. The van der Waals surface area contributed by atoms with E-state index in [9.17, 15) is 4.79 Å². The Morgan fingerprint density at radius 2 is 1.88 bits per heavy atom. The molecule has 0 aliphatic rings. The molecule has 0 unspecified atom stereocenters. The number of nitrogens with zero attached hydrogens (tertiary/aromatic N) is 4. The maximum absolute atomic E-state index is 12.9. The number of nitrogen functional groups attached to an aromatic ring is 1. The summed E-state index contributed by atoms with van der Waals surface area (Å²) in [5, 5.41) is 12.9. The Morgan fingerprint density at radius 1 is 1.06 bits per heavy atom. The van der Waals surface area contributed by atoms with Crippen molar-refractivity contribution in [1.29, 1.82) is 0 Å². The summed E-state index contributed by atoms with van der Waals surface area (Å²) >= 11 is 10.3. The molecule has 0 fully saturated rings. The van der Waals surface area contributed by atoms with Crippen molar-refractivity contribution in [3.63, 3.8) is 0 Å². The van der Waals surface area contributed by atoms with E-state index >= 15 is 0 Å². The second-order valence-corrected chi connectivity index (χ2v) is 10.4. The van der Waals surface area contributed by atoms with E-state index in [4.69, 9.17) is 17.3 Å². The monoisotopic (exact) mass is 510 g/mol. The van der Waals surface area contributed by atoms with Crippen LogP contribution in [0.5, 0.6) is 0 Å². The molecule has 0 spiro atoms. The molecule has 0 bridgehead atoms. The second-order valence-electron chi connectivity index (χ2n) is 6.84. The molecule has 0 aliphatic heterocycles. The van der Waals surface area contributed by atoms with Crippen LogP contribution >= 0.6 is 46.0 Å². The molecule has 4 aromatic heterocycles. The molecule has 0 saturated heterocycles. The van der Waals surface area contributed by atoms with Gasteiger partial charge >= 0.3 is 0 Å². The molecule has 0 atom stereocenters. The van der Waals surface area contributed by atoms with Gasteiger partial charge in [-0.1, -0.05) is 52.9 Å². The zero-order valence-corrected chi connectivity index (χ0v) is 20.1. The number of anilines is 2. The van der Waals surface area contributed by atoms with Crippen molar-refractivity contribution < 1.29 is 4.79 Å². The number of hydrogen-bond donors (Lipinski definition) is 2. The van der Waals surface area contributed by atoms with Gasteiger partial charge in [0.15, 0.2) is 4.34 Å². The highest BCUT2D eigenvalue weighted by molar-refractivity contribution is 8.00. The van der Waals surface area contributed by atoms with Crippen LogP contribution in [0.15, 0.2) is 65.3 Å². The van der Waals surface area contributed by atoms with Gasteiger partial charge < -0.3 is 5.73 Å². The Labute approximate surface area is 206 Å². The second kappa shape index (κ2) is 9.44. The van der Waals surface area contributed by atoms with Gasteiger partial charge in [0.05, 0.1) is 11.4 Å². The summed E-state index contributed by atoms with van der Waals surface area (Å²) in [5.41, 5.74) is 9.42. The van der Waals surface area contributed by atoms with E-state index in [1.54, 1.807) is 12.4 Å². The zero-order valence-electron chi connectivity index (χ0n) is 16.9.